The fourth-order valence-corrected chi connectivity index (χ4v) is 2.62. The Bertz CT molecular complexity index is 462. The lowest BCUT2D eigenvalue weighted by Gasteiger charge is -2.13. The summed E-state index contributed by atoms with van der Waals surface area (Å²) in [4.78, 5) is 11.5. The van der Waals surface area contributed by atoms with Gasteiger partial charge in [0.05, 0.1) is 13.2 Å². The summed E-state index contributed by atoms with van der Waals surface area (Å²) < 4.78 is 11.5. The Balaban J connectivity index is 2.17. The van der Waals surface area contributed by atoms with Crippen LogP contribution in [0.5, 0.6) is 5.75 Å². The van der Waals surface area contributed by atoms with Crippen LogP contribution in [0.15, 0.2) is 16.6 Å². The first-order chi connectivity index (χ1) is 8.61. The molecule has 1 unspecified atom stereocenters. The third kappa shape index (κ3) is 2.84. The van der Waals surface area contributed by atoms with Crippen molar-refractivity contribution in [2.24, 2.45) is 5.73 Å². The van der Waals surface area contributed by atoms with Crippen LogP contribution in [0, 0.1) is 0 Å². The number of hydrogen-bond donors (Lipinski definition) is 1. The van der Waals surface area contributed by atoms with E-state index in [1.165, 1.54) is 0 Å². The highest BCUT2D eigenvalue weighted by Gasteiger charge is 2.22. The third-order valence-electron chi connectivity index (χ3n) is 2.85. The Kier molecular flexibility index (Phi) is 4.24. The first-order valence-corrected chi connectivity index (χ1v) is 6.77. The topological polar surface area (TPSA) is 61.5 Å². The largest absolute Gasteiger partial charge is 0.493 e. The van der Waals surface area contributed by atoms with Gasteiger partial charge < -0.3 is 15.2 Å². The van der Waals surface area contributed by atoms with Crippen molar-refractivity contribution in [2.45, 2.75) is 25.8 Å². The minimum atomic E-state index is -0.646. The molecule has 18 heavy (non-hydrogen) atoms. The van der Waals surface area contributed by atoms with E-state index in [4.69, 9.17) is 15.2 Å². The van der Waals surface area contributed by atoms with E-state index in [-0.39, 0.29) is 5.97 Å². The van der Waals surface area contributed by atoms with E-state index in [0.29, 0.717) is 19.6 Å². The number of carbonyl (C=O) groups is 1. The normalized spacial score (nSPS) is 14.8. The highest BCUT2D eigenvalue weighted by atomic mass is 79.9. The van der Waals surface area contributed by atoms with E-state index in [1.807, 2.05) is 12.1 Å². The van der Waals surface area contributed by atoms with Gasteiger partial charge in [0.25, 0.3) is 0 Å². The van der Waals surface area contributed by atoms with E-state index in [2.05, 4.69) is 15.9 Å². The van der Waals surface area contributed by atoms with Gasteiger partial charge in [-0.3, -0.25) is 4.79 Å². The molecule has 0 fully saturated rings. The van der Waals surface area contributed by atoms with Crippen LogP contribution in [0.25, 0.3) is 0 Å². The van der Waals surface area contributed by atoms with Crippen molar-refractivity contribution in [1.29, 1.82) is 0 Å². The average Bonchev–Trinajstić information content (AvgIpc) is 2.77. The van der Waals surface area contributed by atoms with Crippen molar-refractivity contribution in [2.75, 3.05) is 13.2 Å². The summed E-state index contributed by atoms with van der Waals surface area (Å²) in [5.41, 5.74) is 7.95. The molecule has 2 N–H and O–H groups in total. The van der Waals surface area contributed by atoms with Crippen LogP contribution < -0.4 is 10.5 Å². The van der Waals surface area contributed by atoms with Crippen LogP contribution in [0.2, 0.25) is 0 Å². The van der Waals surface area contributed by atoms with Gasteiger partial charge in [0.2, 0.25) is 0 Å². The van der Waals surface area contributed by atoms with E-state index in [1.54, 1.807) is 6.92 Å². The summed E-state index contributed by atoms with van der Waals surface area (Å²) in [6.45, 7) is 2.80. The summed E-state index contributed by atoms with van der Waals surface area (Å²) in [7, 11) is 0. The number of fused-ring (bicyclic) bond motifs is 1. The van der Waals surface area contributed by atoms with Crippen molar-refractivity contribution in [1.82, 2.24) is 0 Å². The molecule has 0 aliphatic carbocycles. The van der Waals surface area contributed by atoms with Crippen molar-refractivity contribution in [3.8, 4) is 5.75 Å². The fourth-order valence-electron chi connectivity index (χ4n) is 2.07. The number of esters is 1. The van der Waals surface area contributed by atoms with E-state index < -0.39 is 6.04 Å². The molecule has 5 heteroatoms. The minimum Gasteiger partial charge on any atom is -0.493 e. The molecule has 1 atom stereocenters. The number of ether oxygens (including phenoxy) is 2. The molecule has 0 bridgehead atoms. The maximum absolute atomic E-state index is 11.5. The molecule has 1 aliphatic rings. The molecule has 0 spiro atoms. The molecule has 0 amide bonds. The van der Waals surface area contributed by atoms with Gasteiger partial charge in [-0.15, -0.1) is 0 Å². The van der Waals surface area contributed by atoms with Crippen molar-refractivity contribution < 1.29 is 14.3 Å². The van der Waals surface area contributed by atoms with Crippen LogP contribution >= 0.6 is 15.9 Å². The first kappa shape index (κ1) is 13.4. The molecule has 1 heterocycles. The van der Waals surface area contributed by atoms with Crippen molar-refractivity contribution in [3.63, 3.8) is 0 Å². The van der Waals surface area contributed by atoms with Gasteiger partial charge in [0.15, 0.2) is 0 Å². The van der Waals surface area contributed by atoms with Gasteiger partial charge in [-0.05, 0) is 30.2 Å². The zero-order chi connectivity index (χ0) is 13.1. The number of rotatable bonds is 4. The maximum atomic E-state index is 11.5. The summed E-state index contributed by atoms with van der Waals surface area (Å²) in [6, 6.07) is 3.35. The van der Waals surface area contributed by atoms with E-state index >= 15 is 0 Å². The summed E-state index contributed by atoms with van der Waals surface area (Å²) in [5, 5.41) is 0. The van der Waals surface area contributed by atoms with Gasteiger partial charge in [-0.1, -0.05) is 15.9 Å². The van der Waals surface area contributed by atoms with Crippen LogP contribution in [0.1, 0.15) is 18.1 Å². The number of benzene rings is 1. The second-order valence-electron chi connectivity index (χ2n) is 4.21. The molecule has 1 aromatic rings. The highest BCUT2D eigenvalue weighted by Crippen LogP contribution is 2.33. The lowest BCUT2D eigenvalue weighted by molar-refractivity contribution is -0.144. The van der Waals surface area contributed by atoms with Crippen molar-refractivity contribution in [3.05, 3.63) is 27.7 Å². The molecule has 0 aromatic heterocycles. The van der Waals surface area contributed by atoms with Gasteiger partial charge in [-0.25, -0.2) is 0 Å². The lowest BCUT2D eigenvalue weighted by Crippen LogP contribution is -2.34. The zero-order valence-electron chi connectivity index (χ0n) is 10.2. The Morgan fingerprint density at radius 2 is 2.39 bits per heavy atom. The number of halogens is 1. The molecule has 98 valence electrons. The van der Waals surface area contributed by atoms with Crippen molar-refractivity contribution >= 4 is 21.9 Å². The monoisotopic (exact) mass is 313 g/mol. The Hall–Kier alpha value is -1.07. The molecule has 0 saturated heterocycles. The highest BCUT2D eigenvalue weighted by molar-refractivity contribution is 9.10. The maximum Gasteiger partial charge on any atom is 0.323 e. The molecule has 0 radical (unpaired) electrons. The summed E-state index contributed by atoms with van der Waals surface area (Å²) >= 11 is 3.46. The SMILES string of the molecule is CCOC(=O)C(N)Cc1cc(Br)cc2c1OCC2. The number of carbonyl (C=O) groups excluding carboxylic acids is 1. The number of nitrogens with two attached hydrogens (primary N) is 1. The van der Waals surface area contributed by atoms with Gasteiger partial charge in [0.1, 0.15) is 11.8 Å². The zero-order valence-corrected chi connectivity index (χ0v) is 11.8. The minimum absolute atomic E-state index is 0.347. The third-order valence-corrected chi connectivity index (χ3v) is 3.31. The molecule has 1 aliphatic heterocycles. The lowest BCUT2D eigenvalue weighted by atomic mass is 10.0. The van der Waals surface area contributed by atoms with Crippen LogP contribution in [0.3, 0.4) is 0 Å². The smallest absolute Gasteiger partial charge is 0.323 e. The predicted molar refractivity (Wildman–Crippen MR) is 71.7 cm³/mol. The second kappa shape index (κ2) is 5.71. The van der Waals surface area contributed by atoms with Gasteiger partial charge in [0, 0.05) is 17.3 Å². The van der Waals surface area contributed by atoms with Gasteiger partial charge in [-0.2, -0.15) is 0 Å². The van der Waals surface area contributed by atoms with Crippen LogP contribution in [-0.2, 0) is 22.4 Å². The average molecular weight is 314 g/mol. The van der Waals surface area contributed by atoms with Gasteiger partial charge >= 0.3 is 5.97 Å². The Labute approximate surface area is 115 Å². The summed E-state index contributed by atoms with van der Waals surface area (Å²) in [6.07, 6.45) is 1.33. The fraction of sp³-hybridized carbons (Fsp3) is 0.462. The van der Waals surface area contributed by atoms with Crippen LogP contribution in [0.4, 0.5) is 0 Å². The Morgan fingerprint density at radius 1 is 1.61 bits per heavy atom. The molecule has 4 nitrogen and oxygen atoms in total. The predicted octanol–water partition coefficient (Wildman–Crippen LogP) is 1.82. The first-order valence-electron chi connectivity index (χ1n) is 5.98. The molecule has 2 rings (SSSR count). The molecule has 1 aromatic carbocycles. The second-order valence-corrected chi connectivity index (χ2v) is 5.13. The summed E-state index contributed by atoms with van der Waals surface area (Å²) in [5.74, 6) is 0.502. The quantitative estimate of drug-likeness (QED) is 0.861. The van der Waals surface area contributed by atoms with E-state index in [0.717, 1.165) is 27.8 Å². The molecular formula is C13H16BrNO3. The van der Waals surface area contributed by atoms with Crippen LogP contribution in [-0.4, -0.2) is 25.2 Å². The standard InChI is InChI=1S/C13H16BrNO3/c1-2-17-13(16)11(15)7-9-6-10(14)5-8-3-4-18-12(8)9/h5-6,11H,2-4,7,15H2,1H3. The molecule has 0 saturated carbocycles. The number of hydrogen-bond acceptors (Lipinski definition) is 4. The van der Waals surface area contributed by atoms with E-state index in [9.17, 15) is 4.79 Å². The Morgan fingerprint density at radius 3 is 3.11 bits per heavy atom. The molecular weight excluding hydrogens is 298 g/mol.